The molecule has 0 aromatic rings. The van der Waals surface area contributed by atoms with Gasteiger partial charge in [-0.25, -0.2) is 0 Å². The first-order valence-corrected chi connectivity index (χ1v) is 6.24. The number of rotatable bonds is 6. The van der Waals surface area contributed by atoms with Crippen LogP contribution in [0.15, 0.2) is 12.7 Å². The van der Waals surface area contributed by atoms with Crippen LogP contribution in [-0.4, -0.2) is 38.1 Å². The van der Waals surface area contributed by atoms with Crippen LogP contribution >= 0.6 is 0 Å². The molecule has 1 N–H and O–H groups in total. The summed E-state index contributed by atoms with van der Waals surface area (Å²) in [7, 11) is 2.17. The molecule has 1 aliphatic heterocycles. The summed E-state index contributed by atoms with van der Waals surface area (Å²) in [5.74, 6) is 1.75. The van der Waals surface area contributed by atoms with E-state index < -0.39 is 0 Å². The van der Waals surface area contributed by atoms with Crippen molar-refractivity contribution < 1.29 is 0 Å². The van der Waals surface area contributed by atoms with Crippen LogP contribution in [0.4, 0.5) is 0 Å². The van der Waals surface area contributed by atoms with Gasteiger partial charge < -0.3 is 10.2 Å². The molecule has 1 heterocycles. The van der Waals surface area contributed by atoms with Gasteiger partial charge >= 0.3 is 0 Å². The van der Waals surface area contributed by atoms with Gasteiger partial charge in [0.2, 0.25) is 0 Å². The van der Waals surface area contributed by atoms with E-state index in [0.717, 1.165) is 18.4 Å². The molecule has 15 heavy (non-hydrogen) atoms. The van der Waals surface area contributed by atoms with E-state index in [1.54, 1.807) is 0 Å². The average Bonchev–Trinajstić information content (AvgIpc) is 2.27. The molecule has 0 aromatic heterocycles. The van der Waals surface area contributed by atoms with E-state index in [1.807, 2.05) is 6.08 Å². The fourth-order valence-corrected chi connectivity index (χ4v) is 2.34. The zero-order valence-corrected chi connectivity index (χ0v) is 10.3. The average molecular weight is 210 g/mol. The zero-order chi connectivity index (χ0) is 11.1. The van der Waals surface area contributed by atoms with Gasteiger partial charge in [-0.3, -0.25) is 0 Å². The second-order valence-electron chi connectivity index (χ2n) is 4.92. The summed E-state index contributed by atoms with van der Waals surface area (Å²) in [6.45, 7) is 10.8. The second kappa shape index (κ2) is 7.02. The molecule has 1 rings (SSSR count). The van der Waals surface area contributed by atoms with Crippen molar-refractivity contribution in [3.63, 3.8) is 0 Å². The van der Waals surface area contributed by atoms with Gasteiger partial charge in [-0.1, -0.05) is 13.0 Å². The molecule has 0 radical (unpaired) electrons. The number of nitrogens with one attached hydrogen (secondary N) is 1. The van der Waals surface area contributed by atoms with E-state index in [4.69, 9.17) is 0 Å². The van der Waals surface area contributed by atoms with E-state index in [1.165, 1.54) is 38.9 Å². The fraction of sp³-hybridized carbons (Fsp3) is 0.846. The molecule has 2 nitrogen and oxygen atoms in total. The first-order valence-electron chi connectivity index (χ1n) is 6.24. The molecule has 1 saturated heterocycles. The van der Waals surface area contributed by atoms with Crippen LogP contribution in [0.5, 0.6) is 0 Å². The quantitative estimate of drug-likeness (QED) is 0.676. The first-order chi connectivity index (χ1) is 7.24. The van der Waals surface area contributed by atoms with Gasteiger partial charge in [0.25, 0.3) is 0 Å². The van der Waals surface area contributed by atoms with Gasteiger partial charge in [0.1, 0.15) is 0 Å². The molecule has 2 atom stereocenters. The Bertz CT molecular complexity index is 173. The second-order valence-corrected chi connectivity index (χ2v) is 4.92. The highest BCUT2D eigenvalue weighted by molar-refractivity contribution is 4.76. The predicted octanol–water partition coefficient (Wildman–Crippen LogP) is 2.13. The molecule has 0 bridgehead atoms. The van der Waals surface area contributed by atoms with Crippen LogP contribution in [-0.2, 0) is 0 Å². The maximum Gasteiger partial charge on any atom is 0.0157 e. The molecular weight excluding hydrogens is 184 g/mol. The minimum absolute atomic E-state index is 0.852. The van der Waals surface area contributed by atoms with Crippen molar-refractivity contribution in [1.29, 1.82) is 0 Å². The van der Waals surface area contributed by atoms with Crippen molar-refractivity contribution in [2.75, 3.05) is 33.2 Å². The van der Waals surface area contributed by atoms with Crippen molar-refractivity contribution in [3.05, 3.63) is 12.7 Å². The van der Waals surface area contributed by atoms with E-state index in [0.29, 0.717) is 0 Å². The first kappa shape index (κ1) is 12.7. The van der Waals surface area contributed by atoms with E-state index in [9.17, 15) is 0 Å². The van der Waals surface area contributed by atoms with E-state index >= 15 is 0 Å². The summed E-state index contributed by atoms with van der Waals surface area (Å²) in [5, 5.41) is 3.50. The SMILES string of the molecule is C=CCN(C)CCC(C)C1CCCNC1. The summed E-state index contributed by atoms with van der Waals surface area (Å²) in [5.41, 5.74) is 0. The number of nitrogens with zero attached hydrogens (tertiary/aromatic N) is 1. The van der Waals surface area contributed by atoms with Crippen LogP contribution < -0.4 is 5.32 Å². The summed E-state index contributed by atoms with van der Waals surface area (Å²) in [6.07, 6.45) is 6.07. The Morgan fingerprint density at radius 3 is 3.00 bits per heavy atom. The van der Waals surface area contributed by atoms with Crippen LogP contribution in [0.3, 0.4) is 0 Å². The highest BCUT2D eigenvalue weighted by atomic mass is 15.1. The molecule has 0 spiro atoms. The fourth-order valence-electron chi connectivity index (χ4n) is 2.34. The minimum Gasteiger partial charge on any atom is -0.316 e. The Morgan fingerprint density at radius 1 is 1.60 bits per heavy atom. The van der Waals surface area contributed by atoms with Crippen molar-refractivity contribution >= 4 is 0 Å². The molecule has 0 amide bonds. The minimum atomic E-state index is 0.852. The monoisotopic (exact) mass is 210 g/mol. The molecule has 0 saturated carbocycles. The van der Waals surface area contributed by atoms with Crippen molar-refractivity contribution in [2.45, 2.75) is 26.2 Å². The summed E-state index contributed by atoms with van der Waals surface area (Å²) >= 11 is 0. The van der Waals surface area contributed by atoms with Crippen molar-refractivity contribution in [1.82, 2.24) is 10.2 Å². The van der Waals surface area contributed by atoms with Crippen LogP contribution in [0.2, 0.25) is 0 Å². The van der Waals surface area contributed by atoms with Gasteiger partial charge in [-0.15, -0.1) is 6.58 Å². The van der Waals surface area contributed by atoms with Crippen LogP contribution in [0, 0.1) is 11.8 Å². The van der Waals surface area contributed by atoms with Gasteiger partial charge in [0.15, 0.2) is 0 Å². The Kier molecular flexibility index (Phi) is 5.96. The Balaban J connectivity index is 2.16. The topological polar surface area (TPSA) is 15.3 Å². The van der Waals surface area contributed by atoms with Crippen LogP contribution in [0.25, 0.3) is 0 Å². The lowest BCUT2D eigenvalue weighted by atomic mass is 9.85. The third kappa shape index (κ3) is 4.80. The van der Waals surface area contributed by atoms with Gasteiger partial charge in [-0.2, -0.15) is 0 Å². The Morgan fingerprint density at radius 2 is 2.40 bits per heavy atom. The lowest BCUT2D eigenvalue weighted by Crippen LogP contribution is -2.34. The molecular formula is C13H26N2. The number of likely N-dealkylation sites (N-methyl/N-ethyl adjacent to an activating group) is 1. The molecule has 0 aliphatic carbocycles. The number of hydrogen-bond acceptors (Lipinski definition) is 2. The van der Waals surface area contributed by atoms with Crippen molar-refractivity contribution in [2.24, 2.45) is 11.8 Å². The molecule has 1 fully saturated rings. The molecule has 2 unspecified atom stereocenters. The van der Waals surface area contributed by atoms with Gasteiger partial charge in [-0.05, 0) is 57.8 Å². The summed E-state index contributed by atoms with van der Waals surface area (Å²) in [4.78, 5) is 2.35. The number of piperidine rings is 1. The molecule has 88 valence electrons. The molecule has 2 heteroatoms. The van der Waals surface area contributed by atoms with Gasteiger partial charge in [0.05, 0.1) is 0 Å². The normalized spacial score (nSPS) is 24.1. The smallest absolute Gasteiger partial charge is 0.0157 e. The van der Waals surface area contributed by atoms with E-state index in [-0.39, 0.29) is 0 Å². The predicted molar refractivity (Wildman–Crippen MR) is 67.1 cm³/mol. The van der Waals surface area contributed by atoms with Gasteiger partial charge in [0, 0.05) is 6.54 Å². The summed E-state index contributed by atoms with van der Waals surface area (Å²) in [6, 6.07) is 0. The van der Waals surface area contributed by atoms with E-state index in [2.05, 4.69) is 30.8 Å². The Labute approximate surface area is 94.7 Å². The highest BCUT2D eigenvalue weighted by Gasteiger charge is 2.19. The third-order valence-electron chi connectivity index (χ3n) is 3.55. The Hall–Kier alpha value is -0.340. The lowest BCUT2D eigenvalue weighted by Gasteiger charge is -2.29. The largest absolute Gasteiger partial charge is 0.316 e. The number of hydrogen-bond donors (Lipinski definition) is 1. The lowest BCUT2D eigenvalue weighted by molar-refractivity contribution is 0.239. The standard InChI is InChI=1S/C13H26N2/c1-4-9-15(3)10-7-12(2)13-6-5-8-14-11-13/h4,12-14H,1,5-11H2,2-3H3. The molecule has 1 aliphatic rings. The maximum atomic E-state index is 3.77. The van der Waals surface area contributed by atoms with Crippen molar-refractivity contribution in [3.8, 4) is 0 Å². The third-order valence-corrected chi connectivity index (χ3v) is 3.55. The zero-order valence-electron chi connectivity index (χ0n) is 10.3. The highest BCUT2D eigenvalue weighted by Crippen LogP contribution is 2.22. The summed E-state index contributed by atoms with van der Waals surface area (Å²) < 4.78 is 0. The van der Waals surface area contributed by atoms with Crippen LogP contribution in [0.1, 0.15) is 26.2 Å². The molecule has 0 aromatic carbocycles. The maximum absolute atomic E-state index is 3.77.